The van der Waals surface area contributed by atoms with E-state index in [1.165, 1.54) is 4.90 Å². The molecular weight excluding hydrogens is 408 g/mol. The molecule has 0 unspecified atom stereocenters. The summed E-state index contributed by atoms with van der Waals surface area (Å²) in [7, 11) is 0. The van der Waals surface area contributed by atoms with Crippen LogP contribution in [0.15, 0.2) is 90.3 Å². The molecule has 6 rings (SSSR count). The van der Waals surface area contributed by atoms with Gasteiger partial charge in [0, 0.05) is 10.3 Å². The fraction of sp³-hybridized carbons (Fsp3) is 0.120. The van der Waals surface area contributed by atoms with E-state index in [9.17, 15) is 9.59 Å². The highest BCUT2D eigenvalue weighted by Crippen LogP contribution is 2.49. The minimum absolute atomic E-state index is 0.219. The topological polar surface area (TPSA) is 49.9 Å². The standard InChI is InChI=1S/C25H18N2O3S/c28-24-21-22(20-14-7-15-31-20)27(17-10-2-1-3-11-17)30-23(21)25(29)26(24)19-13-6-9-16-8-4-5-12-18(16)19/h1-15,21-23H/t21-,22+,23-/m0/s1. The van der Waals surface area contributed by atoms with Gasteiger partial charge in [0.15, 0.2) is 6.10 Å². The third-order valence-corrected chi connectivity index (χ3v) is 6.91. The van der Waals surface area contributed by atoms with Gasteiger partial charge in [-0.2, -0.15) is 0 Å². The number of fused-ring (bicyclic) bond motifs is 2. The lowest BCUT2D eigenvalue weighted by molar-refractivity contribution is -0.126. The summed E-state index contributed by atoms with van der Waals surface area (Å²) in [6.45, 7) is 0. The van der Waals surface area contributed by atoms with Gasteiger partial charge < -0.3 is 0 Å². The first kappa shape index (κ1) is 18.3. The zero-order chi connectivity index (χ0) is 20.9. The molecule has 0 N–H and O–H groups in total. The van der Waals surface area contributed by atoms with Crippen molar-refractivity contribution in [2.24, 2.45) is 5.92 Å². The van der Waals surface area contributed by atoms with Crippen LogP contribution in [-0.2, 0) is 14.4 Å². The molecule has 2 aliphatic rings. The van der Waals surface area contributed by atoms with Crippen molar-refractivity contribution in [1.82, 2.24) is 0 Å². The van der Waals surface area contributed by atoms with Gasteiger partial charge in [-0.1, -0.05) is 60.7 Å². The number of imide groups is 1. The largest absolute Gasteiger partial charge is 0.273 e. The minimum Gasteiger partial charge on any atom is -0.273 e. The van der Waals surface area contributed by atoms with E-state index in [-0.39, 0.29) is 17.9 Å². The summed E-state index contributed by atoms with van der Waals surface area (Å²) in [5.74, 6) is -1.14. The van der Waals surface area contributed by atoms with Crippen molar-refractivity contribution in [2.45, 2.75) is 12.1 Å². The Balaban J connectivity index is 1.46. The first-order chi connectivity index (χ1) is 15.2. The van der Waals surface area contributed by atoms with Gasteiger partial charge in [0.05, 0.1) is 11.4 Å². The number of benzene rings is 3. The monoisotopic (exact) mass is 426 g/mol. The highest BCUT2D eigenvalue weighted by atomic mass is 32.1. The van der Waals surface area contributed by atoms with E-state index < -0.39 is 12.0 Å². The van der Waals surface area contributed by atoms with Gasteiger partial charge in [0.1, 0.15) is 12.0 Å². The molecular formula is C25H18N2O3S. The first-order valence-electron chi connectivity index (χ1n) is 10.1. The maximum Gasteiger partial charge on any atom is 0.266 e. The summed E-state index contributed by atoms with van der Waals surface area (Å²) in [6.07, 6.45) is -0.848. The molecule has 2 saturated heterocycles. The normalized spacial score (nSPS) is 23.0. The van der Waals surface area contributed by atoms with Crippen LogP contribution >= 0.6 is 11.3 Å². The molecule has 0 radical (unpaired) electrons. The number of carbonyl (C=O) groups is 2. The van der Waals surface area contributed by atoms with Crippen molar-refractivity contribution in [2.75, 3.05) is 9.96 Å². The van der Waals surface area contributed by atoms with Gasteiger partial charge in [-0.3, -0.25) is 14.4 Å². The van der Waals surface area contributed by atoms with E-state index in [2.05, 4.69) is 0 Å². The smallest absolute Gasteiger partial charge is 0.266 e. The second-order valence-electron chi connectivity index (χ2n) is 7.68. The highest BCUT2D eigenvalue weighted by Gasteiger charge is 2.60. The molecule has 3 aromatic carbocycles. The lowest BCUT2D eigenvalue weighted by Gasteiger charge is -2.28. The van der Waals surface area contributed by atoms with Crippen LogP contribution in [0.3, 0.4) is 0 Å². The number of nitrogens with zero attached hydrogens (tertiary/aromatic N) is 2. The van der Waals surface area contributed by atoms with Crippen LogP contribution in [0.1, 0.15) is 10.9 Å². The van der Waals surface area contributed by atoms with E-state index in [4.69, 9.17) is 4.84 Å². The Kier molecular flexibility index (Phi) is 4.16. The number of hydroxylamine groups is 1. The van der Waals surface area contributed by atoms with Crippen molar-refractivity contribution < 1.29 is 14.4 Å². The summed E-state index contributed by atoms with van der Waals surface area (Å²) in [4.78, 5) is 35.7. The van der Waals surface area contributed by atoms with Crippen molar-refractivity contribution in [3.8, 4) is 0 Å². The number of hydrogen-bond donors (Lipinski definition) is 0. The fourth-order valence-electron chi connectivity index (χ4n) is 4.60. The number of hydrogen-bond acceptors (Lipinski definition) is 5. The van der Waals surface area contributed by atoms with E-state index in [0.717, 1.165) is 21.3 Å². The molecule has 3 heterocycles. The number of anilines is 2. The Morgan fingerprint density at radius 3 is 2.35 bits per heavy atom. The average Bonchev–Trinajstić information content (AvgIpc) is 3.52. The van der Waals surface area contributed by atoms with E-state index >= 15 is 0 Å². The van der Waals surface area contributed by atoms with Gasteiger partial charge >= 0.3 is 0 Å². The van der Waals surface area contributed by atoms with E-state index in [0.29, 0.717) is 5.69 Å². The molecule has 6 heteroatoms. The molecule has 0 aliphatic carbocycles. The lowest BCUT2D eigenvalue weighted by atomic mass is 9.95. The predicted octanol–water partition coefficient (Wildman–Crippen LogP) is 4.95. The van der Waals surface area contributed by atoms with Crippen LogP contribution in [-0.4, -0.2) is 17.9 Å². The maximum absolute atomic E-state index is 13.7. The highest BCUT2D eigenvalue weighted by molar-refractivity contribution is 7.10. The maximum atomic E-state index is 13.7. The molecule has 1 aromatic heterocycles. The Morgan fingerprint density at radius 1 is 0.774 bits per heavy atom. The van der Waals surface area contributed by atoms with Gasteiger partial charge in [-0.05, 0) is 35.0 Å². The zero-order valence-corrected chi connectivity index (χ0v) is 17.2. The second-order valence-corrected chi connectivity index (χ2v) is 8.66. The molecule has 0 bridgehead atoms. The summed E-state index contributed by atoms with van der Waals surface area (Å²) in [5.41, 5.74) is 1.44. The van der Waals surface area contributed by atoms with Gasteiger partial charge in [-0.15, -0.1) is 11.3 Å². The van der Waals surface area contributed by atoms with Crippen LogP contribution in [0.4, 0.5) is 11.4 Å². The van der Waals surface area contributed by atoms with Gasteiger partial charge in [0.25, 0.3) is 5.91 Å². The molecule has 31 heavy (non-hydrogen) atoms. The van der Waals surface area contributed by atoms with Crippen LogP contribution in [0, 0.1) is 5.92 Å². The summed E-state index contributed by atoms with van der Waals surface area (Å²) < 4.78 is 0. The van der Waals surface area contributed by atoms with Crippen LogP contribution in [0.25, 0.3) is 10.8 Å². The van der Waals surface area contributed by atoms with E-state index in [1.807, 2.05) is 90.3 Å². The molecule has 2 aliphatic heterocycles. The van der Waals surface area contributed by atoms with Crippen molar-refractivity contribution in [1.29, 1.82) is 0 Å². The molecule has 4 aromatic rings. The molecule has 152 valence electrons. The van der Waals surface area contributed by atoms with Gasteiger partial charge in [0.2, 0.25) is 5.91 Å². The fourth-order valence-corrected chi connectivity index (χ4v) is 5.46. The number of carbonyl (C=O) groups excluding carboxylic acids is 2. The average molecular weight is 426 g/mol. The number of para-hydroxylation sites is 1. The quantitative estimate of drug-likeness (QED) is 0.435. The lowest BCUT2D eigenvalue weighted by Crippen LogP contribution is -2.37. The summed E-state index contributed by atoms with van der Waals surface area (Å²) in [5, 5.41) is 5.58. The molecule has 2 fully saturated rings. The van der Waals surface area contributed by atoms with Crippen LogP contribution in [0.5, 0.6) is 0 Å². The van der Waals surface area contributed by atoms with Gasteiger partial charge in [-0.25, -0.2) is 9.96 Å². The Morgan fingerprint density at radius 2 is 1.55 bits per heavy atom. The third-order valence-electron chi connectivity index (χ3n) is 5.97. The summed E-state index contributed by atoms with van der Waals surface area (Å²) >= 11 is 1.57. The molecule has 5 nitrogen and oxygen atoms in total. The van der Waals surface area contributed by atoms with Crippen LogP contribution in [0.2, 0.25) is 0 Å². The number of rotatable bonds is 3. The van der Waals surface area contributed by atoms with E-state index in [1.54, 1.807) is 16.4 Å². The Hall–Kier alpha value is -3.48. The van der Waals surface area contributed by atoms with Crippen LogP contribution < -0.4 is 9.96 Å². The molecule has 0 saturated carbocycles. The summed E-state index contributed by atoms with van der Waals surface area (Å²) in [6, 6.07) is 26.7. The second kappa shape index (κ2) is 7.04. The number of thiophene rings is 1. The zero-order valence-electron chi connectivity index (χ0n) is 16.4. The number of amides is 2. The van der Waals surface area contributed by atoms with Crippen molar-refractivity contribution in [3.05, 3.63) is 95.2 Å². The third kappa shape index (κ3) is 2.72. The van der Waals surface area contributed by atoms with Crippen molar-refractivity contribution in [3.63, 3.8) is 0 Å². The first-order valence-corrected chi connectivity index (χ1v) is 11.0. The Labute approximate surface area is 183 Å². The molecule has 2 amide bonds. The van der Waals surface area contributed by atoms with Crippen molar-refractivity contribution >= 4 is 45.3 Å². The Bertz CT molecular complexity index is 1280. The SMILES string of the molecule is O=C1[C@@H]2[C@H](ON(c3ccccc3)[C@@H]2c2cccs2)C(=O)N1c1cccc2ccccc12. The predicted molar refractivity (Wildman–Crippen MR) is 121 cm³/mol. The minimum atomic E-state index is -0.848. The molecule has 0 spiro atoms. The molecule has 3 atom stereocenters.